The Balaban J connectivity index is 1.71. The summed E-state index contributed by atoms with van der Waals surface area (Å²) >= 11 is 0. The zero-order valence-corrected chi connectivity index (χ0v) is 14.3. The normalized spacial score (nSPS) is 27.0. The zero-order chi connectivity index (χ0) is 15.1. The molecule has 2 heterocycles. The summed E-state index contributed by atoms with van der Waals surface area (Å²) in [7, 11) is 0. The van der Waals surface area contributed by atoms with Gasteiger partial charge < -0.3 is 15.0 Å². The summed E-state index contributed by atoms with van der Waals surface area (Å²) in [5.74, 6) is 0. The number of ether oxygens (including phenoxy) is 1. The van der Waals surface area contributed by atoms with Gasteiger partial charge in [0.25, 0.3) is 0 Å². The molecule has 0 radical (unpaired) electrons. The van der Waals surface area contributed by atoms with Gasteiger partial charge in [-0.2, -0.15) is 0 Å². The molecule has 0 aromatic rings. The molecule has 21 heavy (non-hydrogen) atoms. The van der Waals surface area contributed by atoms with E-state index in [1.165, 1.54) is 45.3 Å². The number of morpholine rings is 1. The monoisotopic (exact) mass is 297 g/mol. The van der Waals surface area contributed by atoms with Crippen LogP contribution in [0.15, 0.2) is 0 Å². The third kappa shape index (κ3) is 5.85. The van der Waals surface area contributed by atoms with E-state index in [0.717, 1.165) is 26.3 Å². The predicted molar refractivity (Wildman–Crippen MR) is 88.8 cm³/mol. The SMILES string of the molecule is C[C@H](CN1CCCCCC1)N[C@H](C)[C@H](C)N1CCOCC1. The van der Waals surface area contributed by atoms with Crippen molar-refractivity contribution in [3.63, 3.8) is 0 Å². The van der Waals surface area contributed by atoms with Crippen LogP contribution in [0.5, 0.6) is 0 Å². The maximum atomic E-state index is 5.45. The van der Waals surface area contributed by atoms with Crippen LogP contribution in [0.25, 0.3) is 0 Å². The van der Waals surface area contributed by atoms with Gasteiger partial charge in [-0.25, -0.2) is 0 Å². The highest BCUT2D eigenvalue weighted by molar-refractivity contribution is 4.82. The standard InChI is InChI=1S/C17H35N3O/c1-15(14-19-8-6-4-5-7-9-19)18-16(2)17(3)20-10-12-21-13-11-20/h15-18H,4-14H2,1-3H3/t15-,16-,17+/m1/s1. The van der Waals surface area contributed by atoms with Gasteiger partial charge in [-0.05, 0) is 46.7 Å². The van der Waals surface area contributed by atoms with Crippen molar-refractivity contribution in [2.45, 2.75) is 64.6 Å². The molecule has 0 saturated carbocycles. The van der Waals surface area contributed by atoms with Crippen molar-refractivity contribution in [1.29, 1.82) is 0 Å². The van der Waals surface area contributed by atoms with E-state index in [4.69, 9.17) is 4.74 Å². The topological polar surface area (TPSA) is 27.7 Å². The number of hydrogen-bond acceptors (Lipinski definition) is 4. The average Bonchev–Trinajstić information content (AvgIpc) is 2.75. The van der Waals surface area contributed by atoms with Gasteiger partial charge in [-0.1, -0.05) is 12.8 Å². The Labute approximate surface area is 131 Å². The average molecular weight is 297 g/mol. The molecule has 2 saturated heterocycles. The molecule has 124 valence electrons. The molecule has 2 fully saturated rings. The molecule has 0 aromatic heterocycles. The van der Waals surface area contributed by atoms with Gasteiger partial charge >= 0.3 is 0 Å². The molecule has 2 aliphatic heterocycles. The van der Waals surface area contributed by atoms with Crippen LogP contribution >= 0.6 is 0 Å². The summed E-state index contributed by atoms with van der Waals surface area (Å²) < 4.78 is 5.45. The van der Waals surface area contributed by atoms with Crippen LogP contribution in [0, 0.1) is 0 Å². The van der Waals surface area contributed by atoms with Crippen molar-refractivity contribution in [2.75, 3.05) is 45.9 Å². The number of nitrogens with one attached hydrogen (secondary N) is 1. The Hall–Kier alpha value is -0.160. The third-order valence-corrected chi connectivity index (χ3v) is 5.12. The van der Waals surface area contributed by atoms with Crippen LogP contribution in [-0.2, 0) is 4.74 Å². The fourth-order valence-corrected chi connectivity index (χ4v) is 3.65. The van der Waals surface area contributed by atoms with E-state index in [0.29, 0.717) is 18.1 Å². The molecule has 0 aliphatic carbocycles. The van der Waals surface area contributed by atoms with Gasteiger partial charge in [-0.15, -0.1) is 0 Å². The first-order valence-electron chi connectivity index (χ1n) is 8.97. The maximum absolute atomic E-state index is 5.45. The van der Waals surface area contributed by atoms with Crippen LogP contribution in [0.1, 0.15) is 46.5 Å². The molecule has 4 heteroatoms. The highest BCUT2D eigenvalue weighted by atomic mass is 16.5. The van der Waals surface area contributed by atoms with Gasteiger partial charge in [0.2, 0.25) is 0 Å². The summed E-state index contributed by atoms with van der Waals surface area (Å²) in [5.41, 5.74) is 0. The molecule has 0 spiro atoms. The first-order chi connectivity index (χ1) is 10.2. The summed E-state index contributed by atoms with van der Waals surface area (Å²) in [5, 5.41) is 3.82. The minimum absolute atomic E-state index is 0.532. The number of nitrogens with zero attached hydrogens (tertiary/aromatic N) is 2. The lowest BCUT2D eigenvalue weighted by Crippen LogP contribution is -2.54. The second-order valence-corrected chi connectivity index (χ2v) is 6.96. The smallest absolute Gasteiger partial charge is 0.0594 e. The Morgan fingerprint density at radius 2 is 1.52 bits per heavy atom. The lowest BCUT2D eigenvalue weighted by atomic mass is 10.1. The molecule has 0 bridgehead atoms. The maximum Gasteiger partial charge on any atom is 0.0594 e. The number of likely N-dealkylation sites (tertiary alicyclic amines) is 1. The van der Waals surface area contributed by atoms with Gasteiger partial charge in [0, 0.05) is 37.8 Å². The van der Waals surface area contributed by atoms with Crippen LogP contribution in [0.3, 0.4) is 0 Å². The van der Waals surface area contributed by atoms with Gasteiger partial charge in [0.15, 0.2) is 0 Å². The van der Waals surface area contributed by atoms with E-state index in [2.05, 4.69) is 35.9 Å². The van der Waals surface area contributed by atoms with Gasteiger partial charge in [0.05, 0.1) is 13.2 Å². The fraction of sp³-hybridized carbons (Fsp3) is 1.00. The Morgan fingerprint density at radius 3 is 2.14 bits per heavy atom. The minimum Gasteiger partial charge on any atom is -0.379 e. The quantitative estimate of drug-likeness (QED) is 0.811. The predicted octanol–water partition coefficient (Wildman–Crippen LogP) is 1.95. The summed E-state index contributed by atoms with van der Waals surface area (Å²) in [6.45, 7) is 14.7. The lowest BCUT2D eigenvalue weighted by Gasteiger charge is -2.37. The fourth-order valence-electron chi connectivity index (χ4n) is 3.65. The van der Waals surface area contributed by atoms with Crippen molar-refractivity contribution in [2.24, 2.45) is 0 Å². The molecular formula is C17H35N3O. The molecule has 3 atom stereocenters. The molecule has 4 nitrogen and oxygen atoms in total. The van der Waals surface area contributed by atoms with E-state index >= 15 is 0 Å². The Kier molecular flexibility index (Phi) is 7.44. The second kappa shape index (κ2) is 9.09. The summed E-state index contributed by atoms with van der Waals surface area (Å²) in [6, 6.07) is 1.69. The van der Waals surface area contributed by atoms with Gasteiger partial charge in [-0.3, -0.25) is 4.90 Å². The summed E-state index contributed by atoms with van der Waals surface area (Å²) in [4.78, 5) is 5.20. The van der Waals surface area contributed by atoms with Crippen molar-refractivity contribution in [1.82, 2.24) is 15.1 Å². The molecule has 1 N–H and O–H groups in total. The van der Waals surface area contributed by atoms with Crippen molar-refractivity contribution < 1.29 is 4.74 Å². The van der Waals surface area contributed by atoms with E-state index < -0.39 is 0 Å². The molecule has 2 rings (SSSR count). The van der Waals surface area contributed by atoms with E-state index in [1.807, 2.05) is 0 Å². The van der Waals surface area contributed by atoms with Crippen LogP contribution in [0.2, 0.25) is 0 Å². The Bertz CT molecular complexity index is 273. The molecule has 0 amide bonds. The van der Waals surface area contributed by atoms with Gasteiger partial charge in [0.1, 0.15) is 0 Å². The molecular weight excluding hydrogens is 262 g/mol. The van der Waals surface area contributed by atoms with Crippen LogP contribution in [0.4, 0.5) is 0 Å². The van der Waals surface area contributed by atoms with Crippen LogP contribution in [-0.4, -0.2) is 73.9 Å². The Morgan fingerprint density at radius 1 is 0.905 bits per heavy atom. The van der Waals surface area contributed by atoms with E-state index in [-0.39, 0.29) is 0 Å². The van der Waals surface area contributed by atoms with Crippen molar-refractivity contribution in [3.8, 4) is 0 Å². The molecule has 0 unspecified atom stereocenters. The van der Waals surface area contributed by atoms with E-state index in [1.54, 1.807) is 0 Å². The van der Waals surface area contributed by atoms with Crippen LogP contribution < -0.4 is 5.32 Å². The minimum atomic E-state index is 0.532. The first kappa shape index (κ1) is 17.2. The zero-order valence-electron chi connectivity index (χ0n) is 14.3. The van der Waals surface area contributed by atoms with Crippen molar-refractivity contribution >= 4 is 0 Å². The van der Waals surface area contributed by atoms with E-state index in [9.17, 15) is 0 Å². The molecule has 2 aliphatic rings. The first-order valence-corrected chi connectivity index (χ1v) is 8.97. The number of hydrogen-bond donors (Lipinski definition) is 1. The number of rotatable bonds is 6. The highest BCUT2D eigenvalue weighted by Gasteiger charge is 2.23. The molecule has 0 aromatic carbocycles. The summed E-state index contributed by atoms with van der Waals surface area (Å²) in [6.07, 6.45) is 5.60. The highest BCUT2D eigenvalue weighted by Crippen LogP contribution is 2.11. The van der Waals surface area contributed by atoms with Crippen molar-refractivity contribution in [3.05, 3.63) is 0 Å². The third-order valence-electron chi connectivity index (χ3n) is 5.12. The largest absolute Gasteiger partial charge is 0.379 e. The lowest BCUT2D eigenvalue weighted by molar-refractivity contribution is 0.0126. The second-order valence-electron chi connectivity index (χ2n) is 6.96.